The number of nitrogens with two attached hydrogens (primary N) is 1. The zero-order chi connectivity index (χ0) is 17.8. The molecule has 0 unspecified atom stereocenters. The van der Waals surface area contributed by atoms with Crippen LogP contribution in [0.3, 0.4) is 0 Å². The largest absolute Gasteiger partial charge is 0.481 e. The number of amides is 1. The molecule has 4 nitrogen and oxygen atoms in total. The summed E-state index contributed by atoms with van der Waals surface area (Å²) in [5, 5.41) is 9.56. The first-order valence-electron chi connectivity index (χ1n) is 8.36. The van der Waals surface area contributed by atoms with Crippen LogP contribution in [0.4, 0.5) is 4.39 Å². The fourth-order valence-corrected chi connectivity index (χ4v) is 4.79. The number of carbonyl (C=O) groups excluding carboxylic acids is 1. The van der Waals surface area contributed by atoms with Gasteiger partial charge in [-0.3, -0.25) is 9.59 Å². The summed E-state index contributed by atoms with van der Waals surface area (Å²) in [5.41, 5.74) is 6.61. The Labute approximate surface area is 144 Å². The van der Waals surface area contributed by atoms with Crippen molar-refractivity contribution in [1.29, 1.82) is 0 Å². The molecule has 5 rings (SSSR count). The van der Waals surface area contributed by atoms with Crippen LogP contribution in [0.15, 0.2) is 42.5 Å². The Morgan fingerprint density at radius 3 is 2.64 bits per heavy atom. The Bertz CT molecular complexity index is 890. The topological polar surface area (TPSA) is 80.4 Å². The van der Waals surface area contributed by atoms with Crippen LogP contribution in [-0.4, -0.2) is 17.0 Å². The van der Waals surface area contributed by atoms with Crippen LogP contribution in [0, 0.1) is 17.7 Å². The van der Waals surface area contributed by atoms with Crippen LogP contribution in [0.2, 0.25) is 0 Å². The molecule has 3 N–H and O–H groups in total. The highest BCUT2D eigenvalue weighted by molar-refractivity contribution is 5.94. The minimum Gasteiger partial charge on any atom is -0.481 e. The second-order valence-corrected chi connectivity index (χ2v) is 7.09. The van der Waals surface area contributed by atoms with Gasteiger partial charge in [-0.1, -0.05) is 36.4 Å². The van der Waals surface area contributed by atoms with Gasteiger partial charge in [0.25, 0.3) is 5.91 Å². The van der Waals surface area contributed by atoms with E-state index in [1.165, 1.54) is 6.07 Å². The van der Waals surface area contributed by atoms with Gasteiger partial charge in [-0.2, -0.15) is 0 Å². The van der Waals surface area contributed by atoms with Gasteiger partial charge in [0.1, 0.15) is 5.82 Å². The number of rotatable bonds is 4. The first-order chi connectivity index (χ1) is 11.9. The number of fused-ring (bicyclic) bond motifs is 1. The molecule has 3 aliphatic carbocycles. The molecule has 25 heavy (non-hydrogen) atoms. The van der Waals surface area contributed by atoms with Crippen LogP contribution in [-0.2, 0) is 10.2 Å². The van der Waals surface area contributed by atoms with E-state index in [2.05, 4.69) is 0 Å². The van der Waals surface area contributed by atoms with Crippen molar-refractivity contribution >= 4 is 11.9 Å². The molecule has 5 heteroatoms. The van der Waals surface area contributed by atoms with E-state index in [1.807, 2.05) is 18.2 Å². The van der Waals surface area contributed by atoms with Crippen LogP contribution < -0.4 is 5.73 Å². The molecule has 0 aromatic heterocycles. The Kier molecular flexibility index (Phi) is 3.42. The van der Waals surface area contributed by atoms with E-state index in [9.17, 15) is 19.1 Å². The minimum absolute atomic E-state index is 0.144. The molecule has 1 amide bonds. The van der Waals surface area contributed by atoms with Crippen LogP contribution >= 0.6 is 0 Å². The monoisotopic (exact) mass is 339 g/mol. The maximum Gasteiger partial charge on any atom is 0.307 e. The van der Waals surface area contributed by atoms with Gasteiger partial charge in [0.2, 0.25) is 0 Å². The quantitative estimate of drug-likeness (QED) is 0.896. The van der Waals surface area contributed by atoms with Crippen molar-refractivity contribution in [3.8, 4) is 11.1 Å². The van der Waals surface area contributed by atoms with E-state index in [0.29, 0.717) is 11.1 Å². The number of hydrogen-bond acceptors (Lipinski definition) is 2. The van der Waals surface area contributed by atoms with Gasteiger partial charge < -0.3 is 10.8 Å². The third kappa shape index (κ3) is 2.18. The molecule has 3 saturated carbocycles. The Morgan fingerprint density at radius 1 is 1.20 bits per heavy atom. The van der Waals surface area contributed by atoms with Crippen LogP contribution in [0.1, 0.15) is 35.2 Å². The number of carbonyl (C=O) groups is 2. The lowest BCUT2D eigenvalue weighted by atomic mass is 9.57. The standard InChI is InChI=1S/C20H18FNO3/c21-17-14(5-2-6-15(17)18(22)23)11-3-1-4-13(9-11)20-8-7-12(10-20)16(20)19(24)25/h1-6,9,12,16H,7-8,10H2,(H2,22,23)(H,24,25)/t12-,16+,20+/m0/s1. The van der Waals surface area contributed by atoms with Gasteiger partial charge in [0, 0.05) is 11.0 Å². The smallest absolute Gasteiger partial charge is 0.307 e. The fourth-order valence-electron chi connectivity index (χ4n) is 4.79. The molecule has 2 bridgehead atoms. The van der Waals surface area contributed by atoms with Gasteiger partial charge in [0.05, 0.1) is 11.5 Å². The van der Waals surface area contributed by atoms with Crippen LogP contribution in [0.25, 0.3) is 11.1 Å². The van der Waals surface area contributed by atoms with E-state index in [0.717, 1.165) is 24.8 Å². The molecule has 3 atom stereocenters. The van der Waals surface area contributed by atoms with E-state index >= 15 is 0 Å². The van der Waals surface area contributed by atoms with Crippen molar-refractivity contribution in [2.24, 2.45) is 17.6 Å². The van der Waals surface area contributed by atoms with E-state index in [1.54, 1.807) is 18.2 Å². The van der Waals surface area contributed by atoms with E-state index < -0.39 is 17.7 Å². The van der Waals surface area contributed by atoms with Gasteiger partial charge in [0.15, 0.2) is 0 Å². The van der Waals surface area contributed by atoms with Gasteiger partial charge >= 0.3 is 5.97 Å². The first-order valence-corrected chi connectivity index (χ1v) is 8.36. The van der Waals surface area contributed by atoms with Gasteiger partial charge in [-0.15, -0.1) is 0 Å². The lowest BCUT2D eigenvalue weighted by Crippen LogP contribution is -2.48. The molecule has 128 valence electrons. The minimum atomic E-state index is -0.808. The predicted molar refractivity (Wildman–Crippen MR) is 90.5 cm³/mol. The highest BCUT2D eigenvalue weighted by Crippen LogP contribution is 2.64. The molecule has 0 heterocycles. The van der Waals surface area contributed by atoms with E-state index in [-0.39, 0.29) is 22.8 Å². The van der Waals surface area contributed by atoms with Gasteiger partial charge in [-0.25, -0.2) is 4.39 Å². The van der Waals surface area contributed by atoms with Crippen molar-refractivity contribution in [3.05, 3.63) is 59.4 Å². The fraction of sp³-hybridized carbons (Fsp3) is 0.300. The second kappa shape index (κ2) is 5.41. The van der Waals surface area contributed by atoms with Crippen molar-refractivity contribution in [1.82, 2.24) is 0 Å². The summed E-state index contributed by atoms with van der Waals surface area (Å²) >= 11 is 0. The lowest BCUT2D eigenvalue weighted by molar-refractivity contribution is -0.150. The summed E-state index contributed by atoms with van der Waals surface area (Å²) in [6, 6.07) is 11.9. The molecule has 0 aliphatic heterocycles. The second-order valence-electron chi connectivity index (χ2n) is 7.09. The zero-order valence-electron chi connectivity index (χ0n) is 13.5. The summed E-state index contributed by atoms with van der Waals surface area (Å²) in [6.07, 6.45) is 2.64. The van der Waals surface area contributed by atoms with Crippen molar-refractivity contribution < 1.29 is 19.1 Å². The normalized spacial score (nSPS) is 26.9. The van der Waals surface area contributed by atoms with Crippen molar-refractivity contribution in [2.75, 3.05) is 0 Å². The summed E-state index contributed by atoms with van der Waals surface area (Å²) in [6.45, 7) is 0. The highest BCUT2D eigenvalue weighted by atomic mass is 19.1. The van der Waals surface area contributed by atoms with Crippen molar-refractivity contribution in [2.45, 2.75) is 24.7 Å². The molecule has 0 spiro atoms. The highest BCUT2D eigenvalue weighted by Gasteiger charge is 2.62. The Morgan fingerprint density at radius 2 is 1.96 bits per heavy atom. The third-order valence-corrected chi connectivity index (χ3v) is 5.93. The average Bonchev–Trinajstić information content (AvgIpc) is 3.15. The summed E-state index contributed by atoms with van der Waals surface area (Å²) in [7, 11) is 0. The predicted octanol–water partition coefficient (Wildman–Crippen LogP) is 3.34. The number of halogens is 1. The lowest BCUT2D eigenvalue weighted by Gasteiger charge is -2.45. The average molecular weight is 339 g/mol. The Balaban J connectivity index is 1.78. The van der Waals surface area contributed by atoms with Crippen molar-refractivity contribution in [3.63, 3.8) is 0 Å². The maximum atomic E-state index is 14.6. The first kappa shape index (κ1) is 15.8. The molecule has 2 aromatic rings. The molecule has 2 aromatic carbocycles. The SMILES string of the molecule is NC(=O)c1cccc(-c2cccc([C@@]34CC[C@@H](C3)[C@@H]4C(=O)O)c2)c1F. The molecular formula is C20H18FNO3. The summed E-state index contributed by atoms with van der Waals surface area (Å²) in [4.78, 5) is 23.0. The molecule has 0 radical (unpaired) electrons. The van der Waals surface area contributed by atoms with Crippen LogP contribution in [0.5, 0.6) is 0 Å². The van der Waals surface area contributed by atoms with Gasteiger partial charge in [-0.05, 0) is 42.4 Å². The third-order valence-electron chi connectivity index (χ3n) is 5.93. The number of primary amides is 1. The number of aliphatic carboxylic acids is 1. The maximum absolute atomic E-state index is 14.6. The van der Waals surface area contributed by atoms with E-state index in [4.69, 9.17) is 5.73 Å². The number of benzene rings is 2. The number of carboxylic acid groups (broad SMARTS) is 1. The molecule has 0 saturated heterocycles. The molecule has 3 fully saturated rings. The molecular weight excluding hydrogens is 321 g/mol. The summed E-state index contributed by atoms with van der Waals surface area (Å²) in [5.74, 6) is -2.31. The Hall–Kier alpha value is -2.69. The number of carboxylic acids is 1. The number of hydrogen-bond donors (Lipinski definition) is 2. The zero-order valence-corrected chi connectivity index (χ0v) is 13.5. The molecule has 3 aliphatic rings. The summed E-state index contributed by atoms with van der Waals surface area (Å²) < 4.78 is 14.6.